The molecule has 2 unspecified atom stereocenters. The molecule has 1 aromatic heterocycles. The van der Waals surface area contributed by atoms with Crippen molar-refractivity contribution in [2.75, 3.05) is 32.7 Å². The molecule has 0 aliphatic carbocycles. The van der Waals surface area contributed by atoms with Crippen LogP contribution in [0.3, 0.4) is 0 Å². The maximum absolute atomic E-state index is 4.53. The van der Waals surface area contributed by atoms with E-state index in [2.05, 4.69) is 50.3 Å². The van der Waals surface area contributed by atoms with E-state index in [4.69, 9.17) is 0 Å². The number of nitrogens with one attached hydrogen (secondary N) is 3. The Morgan fingerprint density at radius 2 is 2.22 bits per heavy atom. The molecule has 3 N–H and O–H groups in total. The van der Waals surface area contributed by atoms with E-state index in [1.54, 1.807) is 0 Å². The molecule has 0 spiro atoms. The highest BCUT2D eigenvalue weighted by atomic mass is 15.6. The number of para-hydroxylation sites is 1. The molecule has 0 amide bonds. The summed E-state index contributed by atoms with van der Waals surface area (Å²) in [6.07, 6.45) is 4.67. The van der Waals surface area contributed by atoms with Crippen LogP contribution >= 0.6 is 0 Å². The van der Waals surface area contributed by atoms with Gasteiger partial charge in [0.05, 0.1) is 11.7 Å². The molecule has 3 heterocycles. The number of fused-ring (bicyclic) bond motifs is 2. The van der Waals surface area contributed by atoms with Gasteiger partial charge >= 0.3 is 0 Å². The zero-order valence-corrected chi connectivity index (χ0v) is 13.5. The fourth-order valence-corrected chi connectivity index (χ4v) is 3.70. The Balaban J connectivity index is 1.27. The molecule has 23 heavy (non-hydrogen) atoms. The van der Waals surface area contributed by atoms with E-state index in [0.717, 1.165) is 44.7 Å². The van der Waals surface area contributed by atoms with Crippen LogP contribution in [0.2, 0.25) is 0 Å². The molecule has 5 heteroatoms. The van der Waals surface area contributed by atoms with Crippen LogP contribution in [0.4, 0.5) is 0 Å². The smallest absolute Gasteiger partial charge is 0.0745 e. The summed E-state index contributed by atoms with van der Waals surface area (Å²) in [5.74, 6) is 0.669. The molecule has 4 rings (SSSR count). The fourth-order valence-electron chi connectivity index (χ4n) is 3.70. The van der Waals surface area contributed by atoms with Crippen molar-refractivity contribution in [1.29, 1.82) is 0 Å². The summed E-state index contributed by atoms with van der Waals surface area (Å²) < 4.78 is 0. The first-order chi connectivity index (χ1) is 11.4. The molecule has 0 bridgehead atoms. The van der Waals surface area contributed by atoms with Gasteiger partial charge in [-0.2, -0.15) is 0 Å². The van der Waals surface area contributed by atoms with Gasteiger partial charge in [0.25, 0.3) is 0 Å². The molecule has 0 saturated carbocycles. The molecule has 2 aromatic rings. The van der Waals surface area contributed by atoms with E-state index in [9.17, 15) is 0 Å². The number of hydrogen-bond acceptors (Lipinski definition) is 5. The van der Waals surface area contributed by atoms with Crippen LogP contribution in [0.25, 0.3) is 10.9 Å². The average molecular weight is 311 g/mol. The van der Waals surface area contributed by atoms with Crippen molar-refractivity contribution in [3.05, 3.63) is 42.1 Å². The average Bonchev–Trinajstić information content (AvgIpc) is 3.06. The Kier molecular flexibility index (Phi) is 4.52. The molecular formula is C18H25N5. The molecule has 2 fully saturated rings. The number of hydrazine groups is 1. The number of pyridine rings is 1. The van der Waals surface area contributed by atoms with Crippen molar-refractivity contribution in [2.45, 2.75) is 19.0 Å². The van der Waals surface area contributed by atoms with Crippen LogP contribution in [-0.2, 0) is 6.42 Å². The molecular weight excluding hydrogens is 286 g/mol. The Morgan fingerprint density at radius 3 is 3.22 bits per heavy atom. The second-order valence-corrected chi connectivity index (χ2v) is 6.59. The van der Waals surface area contributed by atoms with Gasteiger partial charge < -0.3 is 10.6 Å². The van der Waals surface area contributed by atoms with E-state index < -0.39 is 0 Å². The van der Waals surface area contributed by atoms with E-state index in [1.807, 2.05) is 12.3 Å². The van der Waals surface area contributed by atoms with Crippen LogP contribution in [0.15, 0.2) is 36.5 Å². The lowest BCUT2D eigenvalue weighted by molar-refractivity contribution is 0.0906. The minimum Gasteiger partial charge on any atom is -0.316 e. The molecule has 5 nitrogen and oxygen atoms in total. The first-order valence-electron chi connectivity index (χ1n) is 8.67. The van der Waals surface area contributed by atoms with Crippen molar-refractivity contribution < 1.29 is 0 Å². The number of hydrogen-bond donors (Lipinski definition) is 3. The maximum Gasteiger partial charge on any atom is 0.0745 e. The Bertz CT molecular complexity index is 653. The third-order valence-corrected chi connectivity index (χ3v) is 4.93. The summed E-state index contributed by atoms with van der Waals surface area (Å²) in [4.78, 5) is 4.53. The Labute approximate surface area is 137 Å². The van der Waals surface area contributed by atoms with E-state index in [0.29, 0.717) is 12.1 Å². The molecule has 2 saturated heterocycles. The molecule has 1 aromatic carbocycles. The highest BCUT2D eigenvalue weighted by Gasteiger charge is 2.30. The van der Waals surface area contributed by atoms with Crippen LogP contribution in [0, 0.1) is 5.92 Å². The van der Waals surface area contributed by atoms with E-state index in [1.165, 1.54) is 17.4 Å². The fraction of sp³-hybridized carbons (Fsp3) is 0.500. The van der Waals surface area contributed by atoms with Gasteiger partial charge in [-0.15, -0.1) is 0 Å². The second-order valence-electron chi connectivity index (χ2n) is 6.59. The molecule has 2 atom stereocenters. The third-order valence-electron chi connectivity index (χ3n) is 4.93. The first kappa shape index (κ1) is 15.0. The normalized spacial score (nSPS) is 24.9. The standard InChI is InChI=1S/C18H25N5/c1-3-15-5-2-8-20-18(15)16(4-1)6-9-19-11-14-12-21-17-7-10-22-23(17)13-14/h1-5,8,14,17,19,21-22H,6-7,9-13H2. The number of aromatic nitrogens is 1. The number of rotatable bonds is 5. The molecule has 0 radical (unpaired) electrons. The third kappa shape index (κ3) is 3.38. The predicted molar refractivity (Wildman–Crippen MR) is 92.9 cm³/mol. The van der Waals surface area contributed by atoms with E-state index >= 15 is 0 Å². The predicted octanol–water partition coefficient (Wildman–Crippen LogP) is 1.12. The summed E-state index contributed by atoms with van der Waals surface area (Å²) in [7, 11) is 0. The Hall–Kier alpha value is -1.53. The van der Waals surface area contributed by atoms with Gasteiger partial charge in [0.1, 0.15) is 0 Å². The number of benzene rings is 1. The summed E-state index contributed by atoms with van der Waals surface area (Å²) in [6.45, 7) is 5.43. The molecule has 122 valence electrons. The summed E-state index contributed by atoms with van der Waals surface area (Å²) in [6, 6.07) is 10.6. The van der Waals surface area contributed by atoms with Crippen LogP contribution < -0.4 is 16.1 Å². The topological polar surface area (TPSA) is 52.2 Å². The lowest BCUT2D eigenvalue weighted by atomic mass is 10.1. The monoisotopic (exact) mass is 311 g/mol. The number of nitrogens with zero attached hydrogens (tertiary/aromatic N) is 2. The van der Waals surface area contributed by atoms with Gasteiger partial charge in [-0.05, 0) is 36.9 Å². The van der Waals surface area contributed by atoms with Crippen molar-refractivity contribution >= 4 is 10.9 Å². The van der Waals surface area contributed by atoms with Crippen molar-refractivity contribution in [3.63, 3.8) is 0 Å². The van der Waals surface area contributed by atoms with Gasteiger partial charge in [0, 0.05) is 37.8 Å². The minimum absolute atomic E-state index is 0.549. The Morgan fingerprint density at radius 1 is 1.26 bits per heavy atom. The second kappa shape index (κ2) is 6.93. The quantitative estimate of drug-likeness (QED) is 0.723. The lowest BCUT2D eigenvalue weighted by Crippen LogP contribution is -2.56. The van der Waals surface area contributed by atoms with Gasteiger partial charge in [0.15, 0.2) is 0 Å². The van der Waals surface area contributed by atoms with Gasteiger partial charge in [-0.1, -0.05) is 24.3 Å². The molecule has 2 aliphatic rings. The van der Waals surface area contributed by atoms with Crippen LogP contribution in [-0.4, -0.2) is 48.9 Å². The van der Waals surface area contributed by atoms with Gasteiger partial charge in [-0.3, -0.25) is 10.4 Å². The highest BCUT2D eigenvalue weighted by molar-refractivity contribution is 5.81. The van der Waals surface area contributed by atoms with Crippen molar-refractivity contribution in [1.82, 2.24) is 26.1 Å². The zero-order valence-electron chi connectivity index (χ0n) is 13.5. The lowest BCUT2D eigenvalue weighted by Gasteiger charge is -2.35. The van der Waals surface area contributed by atoms with E-state index in [-0.39, 0.29) is 0 Å². The van der Waals surface area contributed by atoms with Crippen LogP contribution in [0.1, 0.15) is 12.0 Å². The SMILES string of the molecule is c1cnc2c(CCNCC3CNC4CCNN4C3)cccc2c1. The summed E-state index contributed by atoms with van der Waals surface area (Å²) >= 11 is 0. The zero-order chi connectivity index (χ0) is 15.5. The maximum atomic E-state index is 4.53. The van der Waals surface area contributed by atoms with Gasteiger partial charge in [-0.25, -0.2) is 5.01 Å². The van der Waals surface area contributed by atoms with Crippen molar-refractivity contribution in [2.24, 2.45) is 5.92 Å². The largest absolute Gasteiger partial charge is 0.316 e. The van der Waals surface area contributed by atoms with Crippen LogP contribution in [0.5, 0.6) is 0 Å². The first-order valence-corrected chi connectivity index (χ1v) is 8.67. The summed E-state index contributed by atoms with van der Waals surface area (Å²) in [5.41, 5.74) is 5.93. The molecule has 2 aliphatic heterocycles. The summed E-state index contributed by atoms with van der Waals surface area (Å²) in [5, 5.41) is 10.8. The minimum atomic E-state index is 0.549. The van der Waals surface area contributed by atoms with Crippen molar-refractivity contribution in [3.8, 4) is 0 Å². The highest BCUT2D eigenvalue weighted by Crippen LogP contribution is 2.16. The van der Waals surface area contributed by atoms with Gasteiger partial charge in [0.2, 0.25) is 0 Å².